The third-order valence-electron chi connectivity index (χ3n) is 5.86. The van der Waals surface area contributed by atoms with Gasteiger partial charge in [-0.15, -0.1) is 21.5 Å². The van der Waals surface area contributed by atoms with Crippen LogP contribution in [0.15, 0.2) is 43.0 Å². The Morgan fingerprint density at radius 2 is 2.12 bits per heavy atom. The number of H-pyrrole nitrogens is 1. The fourth-order valence-electron chi connectivity index (χ4n) is 3.98. The SMILES string of the molecule is NC(=O)C(c1ncn[nH]1)c1cnc(-c2ccc(NCC3(c4ncccc4F)CCC3)nn2)s1. The van der Waals surface area contributed by atoms with Crippen molar-refractivity contribution in [1.82, 2.24) is 35.3 Å². The molecule has 0 aliphatic heterocycles. The molecule has 0 radical (unpaired) electrons. The van der Waals surface area contributed by atoms with Gasteiger partial charge in [-0.1, -0.05) is 6.42 Å². The first-order valence-electron chi connectivity index (χ1n) is 10.3. The van der Waals surface area contributed by atoms with Gasteiger partial charge >= 0.3 is 0 Å². The number of nitrogens with zero attached hydrogens (tertiary/aromatic N) is 6. The van der Waals surface area contributed by atoms with E-state index in [9.17, 15) is 9.18 Å². The second kappa shape index (κ2) is 8.62. The van der Waals surface area contributed by atoms with Crippen LogP contribution in [0.25, 0.3) is 10.7 Å². The maximum absolute atomic E-state index is 14.3. The largest absolute Gasteiger partial charge is 0.369 e. The number of pyridine rings is 1. The van der Waals surface area contributed by atoms with Crippen LogP contribution in [0.3, 0.4) is 0 Å². The fraction of sp³-hybridized carbons (Fsp3) is 0.286. The molecule has 0 bridgehead atoms. The lowest BCUT2D eigenvalue weighted by atomic mass is 9.66. The van der Waals surface area contributed by atoms with E-state index in [2.05, 4.69) is 40.7 Å². The predicted molar refractivity (Wildman–Crippen MR) is 119 cm³/mol. The average molecular weight is 466 g/mol. The molecule has 1 amide bonds. The molecule has 33 heavy (non-hydrogen) atoms. The highest BCUT2D eigenvalue weighted by atomic mass is 32.1. The Morgan fingerprint density at radius 1 is 1.24 bits per heavy atom. The minimum Gasteiger partial charge on any atom is -0.369 e. The van der Waals surface area contributed by atoms with Gasteiger partial charge in [-0.3, -0.25) is 14.9 Å². The number of rotatable bonds is 8. The number of thiazole rings is 1. The Morgan fingerprint density at radius 3 is 2.76 bits per heavy atom. The number of amides is 1. The number of carbonyl (C=O) groups is 1. The molecule has 1 saturated carbocycles. The zero-order chi connectivity index (χ0) is 22.8. The summed E-state index contributed by atoms with van der Waals surface area (Å²) in [6, 6.07) is 6.64. The monoisotopic (exact) mass is 465 g/mol. The number of carbonyl (C=O) groups excluding carboxylic acids is 1. The highest BCUT2D eigenvalue weighted by Gasteiger charge is 2.41. The summed E-state index contributed by atoms with van der Waals surface area (Å²) in [6.07, 6.45) is 7.30. The minimum atomic E-state index is -0.765. The Hall–Kier alpha value is -3.80. The number of aromatic nitrogens is 7. The molecule has 0 spiro atoms. The first-order chi connectivity index (χ1) is 16.1. The van der Waals surface area contributed by atoms with Crippen LogP contribution in [0.2, 0.25) is 0 Å². The van der Waals surface area contributed by atoms with Crippen LogP contribution in [0.4, 0.5) is 10.2 Å². The molecule has 5 rings (SSSR count). The molecule has 4 aromatic rings. The maximum atomic E-state index is 14.3. The van der Waals surface area contributed by atoms with Crippen molar-refractivity contribution in [2.24, 2.45) is 5.73 Å². The predicted octanol–water partition coefficient (Wildman–Crippen LogP) is 2.40. The topological polar surface area (TPSA) is 148 Å². The van der Waals surface area contributed by atoms with Gasteiger partial charge in [0.2, 0.25) is 5.91 Å². The van der Waals surface area contributed by atoms with E-state index in [1.807, 2.05) is 0 Å². The van der Waals surface area contributed by atoms with Gasteiger partial charge in [0, 0.05) is 29.2 Å². The molecular weight excluding hydrogens is 445 g/mol. The van der Waals surface area contributed by atoms with Crippen molar-refractivity contribution in [2.45, 2.75) is 30.6 Å². The normalized spacial score (nSPS) is 15.5. The van der Waals surface area contributed by atoms with Gasteiger partial charge in [0.05, 0.1) is 5.69 Å². The van der Waals surface area contributed by atoms with Crippen LogP contribution in [-0.2, 0) is 10.2 Å². The summed E-state index contributed by atoms with van der Waals surface area (Å²) in [6.45, 7) is 0.522. The van der Waals surface area contributed by atoms with Crippen molar-refractivity contribution in [1.29, 1.82) is 0 Å². The van der Waals surface area contributed by atoms with Gasteiger partial charge in [0.15, 0.2) is 0 Å². The van der Waals surface area contributed by atoms with Gasteiger partial charge in [-0.2, -0.15) is 5.10 Å². The first kappa shape index (κ1) is 21.1. The second-order valence-corrected chi connectivity index (χ2v) is 8.96. The molecule has 1 aliphatic carbocycles. The molecule has 0 aromatic carbocycles. The number of aromatic amines is 1. The Kier molecular flexibility index (Phi) is 5.50. The number of primary amides is 1. The van der Waals surface area contributed by atoms with Crippen LogP contribution in [-0.4, -0.2) is 47.8 Å². The van der Waals surface area contributed by atoms with E-state index in [0.717, 1.165) is 19.3 Å². The van der Waals surface area contributed by atoms with Gasteiger partial charge in [0.25, 0.3) is 0 Å². The summed E-state index contributed by atoms with van der Waals surface area (Å²) in [5.41, 5.74) is 6.28. The zero-order valence-corrected chi connectivity index (χ0v) is 18.2. The summed E-state index contributed by atoms with van der Waals surface area (Å²) >= 11 is 1.28. The van der Waals surface area contributed by atoms with Crippen LogP contribution >= 0.6 is 11.3 Å². The smallest absolute Gasteiger partial charge is 0.233 e. The van der Waals surface area contributed by atoms with Crippen LogP contribution in [0.1, 0.15) is 41.6 Å². The molecule has 1 unspecified atom stereocenters. The van der Waals surface area contributed by atoms with Crippen molar-refractivity contribution in [3.8, 4) is 10.7 Å². The maximum Gasteiger partial charge on any atom is 0.233 e. The Labute approximate surface area is 191 Å². The summed E-state index contributed by atoms with van der Waals surface area (Å²) in [7, 11) is 0. The molecule has 4 heterocycles. The minimum absolute atomic E-state index is 0.278. The van der Waals surface area contributed by atoms with Gasteiger partial charge in [0.1, 0.15) is 40.4 Å². The highest BCUT2D eigenvalue weighted by Crippen LogP contribution is 2.43. The lowest BCUT2D eigenvalue weighted by molar-refractivity contribution is -0.118. The number of nitrogens with two attached hydrogens (primary N) is 1. The summed E-state index contributed by atoms with van der Waals surface area (Å²) in [5, 5.41) is 18.8. The lowest BCUT2D eigenvalue weighted by Gasteiger charge is -2.41. The third kappa shape index (κ3) is 4.04. The van der Waals surface area contributed by atoms with Gasteiger partial charge < -0.3 is 11.1 Å². The van der Waals surface area contributed by atoms with Crippen molar-refractivity contribution >= 4 is 23.1 Å². The second-order valence-electron chi connectivity index (χ2n) is 7.90. The van der Waals surface area contributed by atoms with Crippen molar-refractivity contribution in [3.63, 3.8) is 0 Å². The van der Waals surface area contributed by atoms with E-state index in [1.165, 1.54) is 23.7 Å². The summed E-state index contributed by atoms with van der Waals surface area (Å²) in [5.74, 6) is -0.660. The molecule has 10 nitrogen and oxygen atoms in total. The summed E-state index contributed by atoms with van der Waals surface area (Å²) < 4.78 is 14.3. The third-order valence-corrected chi connectivity index (χ3v) is 6.95. The van der Waals surface area contributed by atoms with E-state index in [4.69, 9.17) is 5.73 Å². The molecule has 1 aliphatic rings. The van der Waals surface area contributed by atoms with E-state index >= 15 is 0 Å². The number of hydrogen-bond donors (Lipinski definition) is 3. The van der Waals surface area contributed by atoms with Crippen molar-refractivity contribution < 1.29 is 9.18 Å². The van der Waals surface area contributed by atoms with Crippen molar-refractivity contribution in [3.05, 3.63) is 65.2 Å². The van der Waals surface area contributed by atoms with E-state index in [1.54, 1.807) is 30.6 Å². The number of nitrogens with one attached hydrogen (secondary N) is 2. The van der Waals surface area contributed by atoms with E-state index in [-0.39, 0.29) is 11.2 Å². The van der Waals surface area contributed by atoms with Crippen LogP contribution in [0, 0.1) is 5.82 Å². The fourth-order valence-corrected chi connectivity index (χ4v) is 4.97. The molecule has 4 N–H and O–H groups in total. The Balaban J connectivity index is 1.30. The highest BCUT2D eigenvalue weighted by molar-refractivity contribution is 7.15. The van der Waals surface area contributed by atoms with Gasteiger partial charge in [-0.05, 0) is 37.1 Å². The number of hydrogen-bond acceptors (Lipinski definition) is 9. The lowest BCUT2D eigenvalue weighted by Crippen LogP contribution is -2.42. The van der Waals surface area contributed by atoms with Crippen LogP contribution in [0.5, 0.6) is 0 Å². The average Bonchev–Trinajstić information content (AvgIpc) is 3.48. The van der Waals surface area contributed by atoms with Crippen LogP contribution < -0.4 is 11.1 Å². The molecule has 168 valence electrons. The number of anilines is 1. The molecule has 12 heteroatoms. The zero-order valence-electron chi connectivity index (χ0n) is 17.4. The standard InChI is InChI=1S/C21H20FN9OS/c22-12-3-1-8-24-17(12)21(6-2-7-21)10-26-15-5-4-13(29-30-15)20-25-9-14(33-20)16(18(23)32)19-27-11-28-31-19/h1,3-5,8-9,11,16H,2,6-7,10H2,(H2,23,32)(H,26,30)(H,27,28,31). The molecule has 1 atom stereocenters. The molecule has 1 fully saturated rings. The molecule has 4 aromatic heterocycles. The quantitative estimate of drug-likeness (QED) is 0.359. The van der Waals surface area contributed by atoms with Crippen molar-refractivity contribution in [2.75, 3.05) is 11.9 Å². The first-order valence-corrected chi connectivity index (χ1v) is 11.2. The van der Waals surface area contributed by atoms with E-state index in [0.29, 0.717) is 39.5 Å². The summed E-state index contributed by atoms with van der Waals surface area (Å²) in [4.78, 5) is 25.3. The van der Waals surface area contributed by atoms with Gasteiger partial charge in [-0.25, -0.2) is 14.4 Å². The molecular formula is C21H20FN9OS. The van der Waals surface area contributed by atoms with E-state index < -0.39 is 11.8 Å². The Bertz CT molecular complexity index is 1260. The molecule has 0 saturated heterocycles. The number of halogens is 1.